The molecule has 0 aromatic heterocycles. The summed E-state index contributed by atoms with van der Waals surface area (Å²) in [6.07, 6.45) is 31.1. The molecule has 0 radical (unpaired) electrons. The third kappa shape index (κ3) is 34.2. The van der Waals surface area contributed by atoms with Gasteiger partial charge in [0.05, 0.1) is 0 Å². The number of hydrogen-bond acceptors (Lipinski definition) is 9. The number of carbonyl (C=O) groups excluding carboxylic acids is 3. The first kappa shape index (κ1) is 44.8. The van der Waals surface area contributed by atoms with Crippen LogP contribution in [0.3, 0.4) is 0 Å². The van der Waals surface area contributed by atoms with Gasteiger partial charge in [0, 0.05) is 19.3 Å². The molecule has 0 aromatic rings. The summed E-state index contributed by atoms with van der Waals surface area (Å²) in [7, 11) is 0. The van der Waals surface area contributed by atoms with E-state index in [0.29, 0.717) is 19.3 Å². The van der Waals surface area contributed by atoms with Crippen molar-refractivity contribution in [2.45, 2.75) is 213 Å². The van der Waals surface area contributed by atoms with Gasteiger partial charge in [0.2, 0.25) is 0 Å². The van der Waals surface area contributed by atoms with Gasteiger partial charge in [-0.25, -0.2) is 26.2 Å². The van der Waals surface area contributed by atoms with Crippen molar-refractivity contribution in [1.29, 1.82) is 0 Å². The van der Waals surface area contributed by atoms with Crippen LogP contribution in [0.1, 0.15) is 213 Å². The van der Waals surface area contributed by atoms with Gasteiger partial charge in [0.1, 0.15) is 0 Å². The lowest BCUT2D eigenvalue weighted by molar-refractivity contribution is -0.316. The molecule has 0 saturated carbocycles. The van der Waals surface area contributed by atoms with E-state index in [4.69, 9.17) is 26.5 Å². The summed E-state index contributed by atoms with van der Waals surface area (Å²) >= 11 is -3.43. The first-order valence-electron chi connectivity index (χ1n) is 19.1. The molecular formula is C36H69AlO9. The van der Waals surface area contributed by atoms with Gasteiger partial charge < -0.3 is 14.7 Å². The fourth-order valence-electron chi connectivity index (χ4n) is 5.19. The standard InChI is InChI=1S/3C12H24O3.Al/c3*1-2-3-4-5-6-7-8-9-10-11-12(13)15-14;/h3*14H,2-11H2,1H3;/q;;;+3/p-3. The van der Waals surface area contributed by atoms with Gasteiger partial charge >= 0.3 is 33.1 Å². The van der Waals surface area contributed by atoms with Crippen molar-refractivity contribution < 1.29 is 40.9 Å². The highest BCUT2D eigenvalue weighted by Crippen LogP contribution is 2.14. The molecule has 46 heavy (non-hydrogen) atoms. The molecule has 0 rings (SSSR count). The second-order valence-corrected chi connectivity index (χ2v) is 13.8. The van der Waals surface area contributed by atoms with E-state index in [2.05, 4.69) is 20.8 Å². The zero-order valence-corrected chi connectivity index (χ0v) is 31.1. The third-order valence-corrected chi connectivity index (χ3v) is 8.87. The van der Waals surface area contributed by atoms with E-state index in [-0.39, 0.29) is 19.3 Å². The van der Waals surface area contributed by atoms with Crippen molar-refractivity contribution >= 4 is 33.1 Å². The molecule has 0 atom stereocenters. The van der Waals surface area contributed by atoms with E-state index in [1.165, 1.54) is 116 Å². The number of rotatable bonds is 36. The monoisotopic (exact) mass is 672 g/mol. The number of hydrogen-bond donors (Lipinski definition) is 0. The van der Waals surface area contributed by atoms with Gasteiger partial charge in [-0.15, -0.1) is 0 Å². The van der Waals surface area contributed by atoms with Crippen LogP contribution in [0.25, 0.3) is 0 Å². The van der Waals surface area contributed by atoms with E-state index in [1.54, 1.807) is 0 Å². The normalized spacial score (nSPS) is 11.0. The Kier molecular flexibility index (Phi) is 35.7. The summed E-state index contributed by atoms with van der Waals surface area (Å²) in [5.41, 5.74) is 0. The summed E-state index contributed by atoms with van der Waals surface area (Å²) in [5, 5.41) is 0. The summed E-state index contributed by atoms with van der Waals surface area (Å²) in [6, 6.07) is 0. The molecule has 0 aliphatic heterocycles. The van der Waals surface area contributed by atoms with Crippen molar-refractivity contribution in [2.24, 2.45) is 0 Å². The topological polar surface area (TPSA) is 107 Å². The average molecular weight is 673 g/mol. The largest absolute Gasteiger partial charge is 1.02 e. The summed E-state index contributed by atoms with van der Waals surface area (Å²) in [4.78, 5) is 51.1. The van der Waals surface area contributed by atoms with Gasteiger partial charge in [-0.2, -0.15) is 0 Å². The molecular weight excluding hydrogens is 603 g/mol. The van der Waals surface area contributed by atoms with Crippen LogP contribution in [-0.4, -0.2) is 33.1 Å². The first-order chi connectivity index (χ1) is 22.5. The fourth-order valence-corrected chi connectivity index (χ4v) is 5.85. The summed E-state index contributed by atoms with van der Waals surface area (Å²) in [6.45, 7) is 6.64. The van der Waals surface area contributed by atoms with Gasteiger partial charge in [0.15, 0.2) is 0 Å². The highest BCUT2D eigenvalue weighted by molar-refractivity contribution is 6.35. The summed E-state index contributed by atoms with van der Waals surface area (Å²) < 4.78 is 15.1. The Morgan fingerprint density at radius 3 is 0.739 bits per heavy atom. The third-order valence-electron chi connectivity index (χ3n) is 8.11. The quantitative estimate of drug-likeness (QED) is 0.0278. The van der Waals surface area contributed by atoms with Gasteiger partial charge in [-0.3, -0.25) is 0 Å². The maximum absolute atomic E-state index is 12.2. The predicted molar refractivity (Wildman–Crippen MR) is 183 cm³/mol. The molecule has 0 spiro atoms. The number of unbranched alkanes of at least 4 members (excludes halogenated alkanes) is 24. The Morgan fingerprint density at radius 1 is 0.326 bits per heavy atom. The lowest BCUT2D eigenvalue weighted by Gasteiger charge is -2.11. The van der Waals surface area contributed by atoms with Crippen molar-refractivity contribution in [3.8, 4) is 0 Å². The van der Waals surface area contributed by atoms with Crippen molar-refractivity contribution in [1.82, 2.24) is 0 Å². The second kappa shape index (κ2) is 36.7. The van der Waals surface area contributed by atoms with Crippen molar-refractivity contribution in [2.75, 3.05) is 0 Å². The first-order valence-corrected chi connectivity index (χ1v) is 20.5. The molecule has 0 unspecified atom stereocenters. The number of carbonyl (C=O) groups is 3. The van der Waals surface area contributed by atoms with E-state index < -0.39 is 33.1 Å². The van der Waals surface area contributed by atoms with Crippen LogP contribution in [-0.2, 0) is 40.9 Å². The Balaban J connectivity index is 4.33. The van der Waals surface area contributed by atoms with E-state index in [0.717, 1.165) is 38.5 Å². The molecule has 0 aliphatic carbocycles. The van der Waals surface area contributed by atoms with E-state index in [1.807, 2.05) is 0 Å². The van der Waals surface area contributed by atoms with Gasteiger partial charge in [-0.1, -0.05) is 175 Å². The molecule has 0 heterocycles. The minimum absolute atomic E-state index is 0.188. The van der Waals surface area contributed by atoms with Crippen LogP contribution in [0.2, 0.25) is 0 Å². The van der Waals surface area contributed by atoms with Crippen LogP contribution in [0, 0.1) is 0 Å². The van der Waals surface area contributed by atoms with Crippen molar-refractivity contribution in [3.05, 3.63) is 0 Å². The average Bonchev–Trinajstić information content (AvgIpc) is 3.05. The molecule has 9 nitrogen and oxygen atoms in total. The second-order valence-electron chi connectivity index (χ2n) is 12.7. The minimum atomic E-state index is -3.43. The van der Waals surface area contributed by atoms with E-state index in [9.17, 15) is 14.4 Å². The molecule has 0 saturated heterocycles. The van der Waals surface area contributed by atoms with Crippen LogP contribution in [0.15, 0.2) is 0 Å². The van der Waals surface area contributed by atoms with Crippen LogP contribution in [0.5, 0.6) is 0 Å². The SMILES string of the molecule is CCCCCCCCCCCC(=O)O[O][Al]([O]OC(=O)CCCCCCCCCCC)[O]OC(=O)CCCCCCCCCCC. The Bertz CT molecular complexity index is 602. The maximum Gasteiger partial charge on any atom is 1.02 e. The Hall–Kier alpha value is -1.18. The molecule has 0 aliphatic rings. The van der Waals surface area contributed by atoms with Gasteiger partial charge in [0.25, 0.3) is 0 Å². The molecule has 0 N–H and O–H groups in total. The lowest BCUT2D eigenvalue weighted by Crippen LogP contribution is -2.31. The molecule has 0 aromatic carbocycles. The molecule has 10 heteroatoms. The maximum atomic E-state index is 12.2. The highest BCUT2D eigenvalue weighted by Gasteiger charge is 2.42. The van der Waals surface area contributed by atoms with Crippen LogP contribution < -0.4 is 0 Å². The van der Waals surface area contributed by atoms with E-state index >= 15 is 0 Å². The minimum Gasteiger partial charge on any atom is -0.324 e. The highest BCUT2D eigenvalue weighted by atomic mass is 27.3. The van der Waals surface area contributed by atoms with Crippen LogP contribution in [0.4, 0.5) is 0 Å². The zero-order valence-electron chi connectivity index (χ0n) is 30.0. The van der Waals surface area contributed by atoms with Crippen molar-refractivity contribution in [3.63, 3.8) is 0 Å². The predicted octanol–water partition coefficient (Wildman–Crippen LogP) is 11.2. The summed E-state index contributed by atoms with van der Waals surface area (Å²) in [5.74, 6) is -1.72. The van der Waals surface area contributed by atoms with Gasteiger partial charge in [-0.05, 0) is 19.3 Å². The smallest absolute Gasteiger partial charge is 0.324 e. The molecule has 0 bridgehead atoms. The molecule has 0 amide bonds. The fraction of sp³-hybridized carbons (Fsp3) is 0.917. The Labute approximate surface area is 286 Å². The molecule has 0 fully saturated rings. The zero-order chi connectivity index (χ0) is 33.8. The molecule has 270 valence electrons. The van der Waals surface area contributed by atoms with Crippen LogP contribution >= 0.6 is 0 Å². The Morgan fingerprint density at radius 2 is 0.522 bits per heavy atom. The lowest BCUT2D eigenvalue weighted by atomic mass is 10.1.